The lowest BCUT2D eigenvalue weighted by molar-refractivity contribution is 0.578. The first kappa shape index (κ1) is 13.0. The van der Waals surface area contributed by atoms with Crippen molar-refractivity contribution in [3.8, 4) is 0 Å². The number of imidazole rings is 1. The first-order valence-electron chi connectivity index (χ1n) is 5.01. The van der Waals surface area contributed by atoms with E-state index in [4.69, 9.17) is 5.84 Å². The van der Waals surface area contributed by atoms with Crippen LogP contribution in [0.3, 0.4) is 0 Å². The summed E-state index contributed by atoms with van der Waals surface area (Å²) in [5.74, 6) is 6.54. The fourth-order valence-corrected chi connectivity index (χ4v) is 2.69. The lowest BCUT2D eigenvalue weighted by Crippen LogP contribution is -2.31. The van der Waals surface area contributed by atoms with Gasteiger partial charge in [0.25, 0.3) is 0 Å². The van der Waals surface area contributed by atoms with Crippen molar-refractivity contribution in [3.63, 3.8) is 0 Å². The quantitative estimate of drug-likeness (QED) is 0.467. The fourth-order valence-electron chi connectivity index (χ4n) is 1.69. The van der Waals surface area contributed by atoms with E-state index in [2.05, 4.69) is 55.0 Å². The summed E-state index contributed by atoms with van der Waals surface area (Å²) >= 11 is 5.83. The van der Waals surface area contributed by atoms with E-state index in [1.54, 1.807) is 6.20 Å². The second-order valence-corrected chi connectivity index (χ2v) is 5.76. The van der Waals surface area contributed by atoms with Crippen LogP contribution < -0.4 is 11.3 Å². The highest BCUT2D eigenvalue weighted by Gasteiger charge is 2.19. The second-order valence-electron chi connectivity index (χ2n) is 3.66. The number of aryl methyl sites for hydroxylation is 1. The summed E-state index contributed by atoms with van der Waals surface area (Å²) in [6.45, 7) is 0. The van der Waals surface area contributed by atoms with Gasteiger partial charge in [-0.3, -0.25) is 5.84 Å². The van der Waals surface area contributed by atoms with Crippen molar-refractivity contribution < 1.29 is 0 Å². The molecule has 1 heterocycles. The zero-order valence-corrected chi connectivity index (χ0v) is 12.9. The second kappa shape index (κ2) is 5.47. The topological polar surface area (TPSA) is 55.9 Å². The summed E-state index contributed by atoms with van der Waals surface area (Å²) in [6, 6.07) is 6.02. The minimum atomic E-state index is -0.126. The van der Waals surface area contributed by atoms with Crippen LogP contribution in [0.2, 0.25) is 0 Å². The molecule has 1 unspecified atom stereocenters. The molecule has 0 aliphatic heterocycles. The average Bonchev–Trinajstić information content (AvgIpc) is 2.71. The number of benzene rings is 1. The molecule has 0 spiro atoms. The van der Waals surface area contributed by atoms with Crippen molar-refractivity contribution >= 4 is 38.5 Å². The molecule has 0 saturated carbocycles. The Morgan fingerprint density at radius 1 is 1.53 bits per heavy atom. The van der Waals surface area contributed by atoms with Crippen LogP contribution >= 0.6 is 38.5 Å². The number of hydrogen-bond donors (Lipinski definition) is 2. The molecule has 90 valence electrons. The van der Waals surface area contributed by atoms with Crippen LogP contribution in [-0.4, -0.2) is 9.55 Å². The Morgan fingerprint density at radius 3 is 2.88 bits per heavy atom. The molecule has 0 amide bonds. The molecule has 17 heavy (non-hydrogen) atoms. The molecule has 2 rings (SSSR count). The van der Waals surface area contributed by atoms with Gasteiger partial charge in [0.2, 0.25) is 0 Å². The van der Waals surface area contributed by atoms with Crippen LogP contribution in [0.5, 0.6) is 0 Å². The maximum atomic E-state index is 5.66. The molecule has 0 radical (unpaired) electrons. The third-order valence-electron chi connectivity index (χ3n) is 2.55. The highest BCUT2D eigenvalue weighted by atomic mass is 127. The first-order valence-corrected chi connectivity index (χ1v) is 6.89. The molecule has 6 heteroatoms. The van der Waals surface area contributed by atoms with Gasteiger partial charge in [0.1, 0.15) is 11.9 Å². The van der Waals surface area contributed by atoms with Crippen molar-refractivity contribution in [3.05, 3.63) is 50.0 Å². The molecule has 4 nitrogen and oxygen atoms in total. The van der Waals surface area contributed by atoms with Gasteiger partial charge in [0.05, 0.1) is 0 Å². The van der Waals surface area contributed by atoms with Gasteiger partial charge >= 0.3 is 0 Å². The zero-order chi connectivity index (χ0) is 12.4. The van der Waals surface area contributed by atoms with E-state index in [1.807, 2.05) is 29.9 Å². The predicted octanol–water partition coefficient (Wildman–Crippen LogP) is 2.34. The summed E-state index contributed by atoms with van der Waals surface area (Å²) in [4.78, 5) is 4.33. The van der Waals surface area contributed by atoms with Gasteiger partial charge in [0.15, 0.2) is 0 Å². The Morgan fingerprint density at radius 2 is 2.29 bits per heavy atom. The molecular weight excluding hydrogens is 395 g/mol. The number of aromatic nitrogens is 2. The number of nitrogens with one attached hydrogen (secondary N) is 1. The largest absolute Gasteiger partial charge is 0.336 e. The maximum Gasteiger partial charge on any atom is 0.131 e. The SMILES string of the molecule is Cn1ccnc1C(NN)c1cc(I)ccc1Br. The predicted molar refractivity (Wildman–Crippen MR) is 79.2 cm³/mol. The third-order valence-corrected chi connectivity index (χ3v) is 3.95. The smallest absolute Gasteiger partial charge is 0.131 e. The number of hydrogen-bond acceptors (Lipinski definition) is 3. The number of nitrogens with zero attached hydrogens (tertiary/aromatic N) is 2. The lowest BCUT2D eigenvalue weighted by Gasteiger charge is -2.18. The number of hydrazine groups is 1. The van der Waals surface area contributed by atoms with Crippen LogP contribution in [0.15, 0.2) is 35.1 Å². The standard InChI is InChI=1S/C11H12BrIN4/c1-17-5-4-15-11(17)10(16-14)8-6-7(13)2-3-9(8)12/h2-6,10,16H,14H2,1H3. The molecule has 0 saturated heterocycles. The van der Waals surface area contributed by atoms with Crippen LogP contribution in [0, 0.1) is 3.57 Å². The molecule has 3 N–H and O–H groups in total. The van der Waals surface area contributed by atoms with Crippen molar-refractivity contribution in [2.75, 3.05) is 0 Å². The lowest BCUT2D eigenvalue weighted by atomic mass is 10.1. The van der Waals surface area contributed by atoms with Crippen molar-refractivity contribution in [2.24, 2.45) is 12.9 Å². The van der Waals surface area contributed by atoms with Gasteiger partial charge in [-0.15, -0.1) is 0 Å². The number of rotatable bonds is 3. The van der Waals surface area contributed by atoms with E-state index in [0.717, 1.165) is 19.4 Å². The highest BCUT2D eigenvalue weighted by Crippen LogP contribution is 2.28. The molecule has 2 aromatic rings. The molecular formula is C11H12BrIN4. The van der Waals surface area contributed by atoms with Crippen molar-refractivity contribution in [2.45, 2.75) is 6.04 Å². The zero-order valence-electron chi connectivity index (χ0n) is 9.19. The van der Waals surface area contributed by atoms with Gasteiger partial charge in [-0.1, -0.05) is 15.9 Å². The summed E-state index contributed by atoms with van der Waals surface area (Å²) in [5, 5.41) is 0. The van der Waals surface area contributed by atoms with E-state index in [9.17, 15) is 0 Å². The van der Waals surface area contributed by atoms with E-state index < -0.39 is 0 Å². The molecule has 1 atom stereocenters. The Kier molecular flexibility index (Phi) is 4.18. The Hall–Kier alpha value is -0.440. The van der Waals surface area contributed by atoms with Crippen LogP contribution in [0.1, 0.15) is 17.4 Å². The van der Waals surface area contributed by atoms with Crippen LogP contribution in [0.4, 0.5) is 0 Å². The summed E-state index contributed by atoms with van der Waals surface area (Å²) in [5.41, 5.74) is 3.89. The van der Waals surface area contributed by atoms with E-state index in [1.165, 1.54) is 0 Å². The minimum Gasteiger partial charge on any atom is -0.336 e. The van der Waals surface area contributed by atoms with Crippen LogP contribution in [0.25, 0.3) is 0 Å². The van der Waals surface area contributed by atoms with Gasteiger partial charge in [-0.25, -0.2) is 10.4 Å². The van der Waals surface area contributed by atoms with E-state index in [0.29, 0.717) is 0 Å². The maximum absolute atomic E-state index is 5.66. The fraction of sp³-hybridized carbons (Fsp3) is 0.182. The molecule has 1 aromatic carbocycles. The first-order chi connectivity index (χ1) is 8.13. The van der Waals surface area contributed by atoms with E-state index >= 15 is 0 Å². The molecule has 0 aliphatic rings. The van der Waals surface area contributed by atoms with Crippen molar-refractivity contribution in [1.29, 1.82) is 0 Å². The number of nitrogens with two attached hydrogens (primary N) is 1. The Balaban J connectivity index is 2.49. The molecule has 0 bridgehead atoms. The molecule has 1 aromatic heterocycles. The third kappa shape index (κ3) is 2.70. The van der Waals surface area contributed by atoms with Gasteiger partial charge < -0.3 is 4.57 Å². The van der Waals surface area contributed by atoms with E-state index in [-0.39, 0.29) is 6.04 Å². The van der Waals surface area contributed by atoms with Gasteiger partial charge in [-0.2, -0.15) is 0 Å². The normalized spacial score (nSPS) is 12.7. The highest BCUT2D eigenvalue weighted by molar-refractivity contribution is 14.1. The Labute approximate surface area is 122 Å². The summed E-state index contributed by atoms with van der Waals surface area (Å²) < 4.78 is 4.13. The minimum absolute atomic E-state index is 0.126. The summed E-state index contributed by atoms with van der Waals surface area (Å²) in [6.07, 6.45) is 3.67. The number of halogens is 2. The van der Waals surface area contributed by atoms with Crippen molar-refractivity contribution in [1.82, 2.24) is 15.0 Å². The van der Waals surface area contributed by atoms with Crippen LogP contribution in [-0.2, 0) is 7.05 Å². The Bertz CT molecular complexity index is 526. The van der Waals surface area contributed by atoms with Gasteiger partial charge in [-0.05, 0) is 46.4 Å². The monoisotopic (exact) mass is 406 g/mol. The molecule has 0 aliphatic carbocycles. The average molecular weight is 407 g/mol. The summed E-state index contributed by atoms with van der Waals surface area (Å²) in [7, 11) is 1.95. The molecule has 0 fully saturated rings. The van der Waals surface area contributed by atoms with Gasteiger partial charge in [0, 0.05) is 27.5 Å².